The summed E-state index contributed by atoms with van der Waals surface area (Å²) in [5.41, 5.74) is -0.0338. The van der Waals surface area contributed by atoms with E-state index in [4.69, 9.17) is 9.26 Å². The average Bonchev–Trinajstić information content (AvgIpc) is 3.26. The van der Waals surface area contributed by atoms with Gasteiger partial charge in [-0.3, -0.25) is 19.2 Å². The number of unbranched alkanes of at least 4 members (excludes halogenated alkanes) is 1. The lowest BCUT2D eigenvalue weighted by Gasteiger charge is -2.32. The van der Waals surface area contributed by atoms with Crippen LogP contribution in [0, 0.1) is 6.92 Å². The van der Waals surface area contributed by atoms with Crippen molar-refractivity contribution in [1.82, 2.24) is 34.1 Å². The number of aryl methyl sites for hydroxylation is 3. The van der Waals surface area contributed by atoms with E-state index in [1.165, 1.54) is 0 Å². The number of hydrogen-bond donors (Lipinski definition) is 1. The minimum atomic E-state index is -0.426. The molecule has 0 amide bonds. The van der Waals surface area contributed by atoms with Crippen LogP contribution in [-0.2, 0) is 24.9 Å². The summed E-state index contributed by atoms with van der Waals surface area (Å²) in [5, 5.41) is 3.87. The molecule has 11 nitrogen and oxygen atoms in total. The van der Waals surface area contributed by atoms with Gasteiger partial charge in [0.05, 0.1) is 19.8 Å². The molecule has 1 fully saturated rings. The van der Waals surface area contributed by atoms with Gasteiger partial charge in [-0.15, -0.1) is 0 Å². The molecule has 0 saturated carbocycles. The van der Waals surface area contributed by atoms with Crippen molar-refractivity contribution >= 4 is 11.2 Å². The van der Waals surface area contributed by atoms with Gasteiger partial charge in [0.25, 0.3) is 5.56 Å². The molecular weight excluding hydrogens is 378 g/mol. The van der Waals surface area contributed by atoms with Gasteiger partial charge in [-0.1, -0.05) is 18.5 Å². The van der Waals surface area contributed by atoms with Crippen LogP contribution in [0.2, 0.25) is 0 Å². The van der Waals surface area contributed by atoms with Gasteiger partial charge in [-0.25, -0.2) is 9.78 Å². The molecule has 156 valence electrons. The third-order valence-corrected chi connectivity index (χ3v) is 5.25. The normalized spacial score (nSPS) is 18.0. The predicted octanol–water partition coefficient (Wildman–Crippen LogP) is 0.488. The van der Waals surface area contributed by atoms with E-state index < -0.39 is 11.2 Å². The van der Waals surface area contributed by atoms with Crippen molar-refractivity contribution < 1.29 is 9.26 Å². The minimum absolute atomic E-state index is 0.190. The van der Waals surface area contributed by atoms with E-state index in [0.717, 1.165) is 12.8 Å². The molecule has 0 bridgehead atoms. The number of nitrogens with one attached hydrogen (secondary N) is 1. The maximum absolute atomic E-state index is 12.4. The fourth-order valence-corrected chi connectivity index (χ4v) is 3.64. The summed E-state index contributed by atoms with van der Waals surface area (Å²) in [6.07, 6.45) is 1.76. The van der Waals surface area contributed by atoms with Crippen LogP contribution in [0.25, 0.3) is 11.2 Å². The molecule has 0 aliphatic carbocycles. The molecule has 29 heavy (non-hydrogen) atoms. The summed E-state index contributed by atoms with van der Waals surface area (Å²) in [4.78, 5) is 38.3. The molecule has 1 saturated heterocycles. The molecule has 4 heterocycles. The second kappa shape index (κ2) is 7.91. The zero-order chi connectivity index (χ0) is 20.5. The molecule has 3 aromatic rings. The Morgan fingerprint density at radius 3 is 2.83 bits per heavy atom. The number of aromatic nitrogens is 6. The van der Waals surface area contributed by atoms with E-state index in [1.807, 2.05) is 0 Å². The van der Waals surface area contributed by atoms with Crippen LogP contribution in [0.4, 0.5) is 0 Å². The fraction of sp³-hybridized carbons (Fsp3) is 0.611. The molecule has 1 aliphatic heterocycles. The zero-order valence-corrected chi connectivity index (χ0v) is 16.8. The van der Waals surface area contributed by atoms with E-state index in [0.29, 0.717) is 61.6 Å². The number of ether oxygens (including phenoxy) is 1. The highest BCUT2D eigenvalue weighted by molar-refractivity contribution is 5.70. The first-order valence-corrected chi connectivity index (χ1v) is 9.80. The number of aromatic amines is 1. The van der Waals surface area contributed by atoms with E-state index in [1.54, 1.807) is 23.1 Å². The molecule has 0 radical (unpaired) electrons. The Kier molecular flexibility index (Phi) is 5.33. The maximum Gasteiger partial charge on any atom is 0.330 e. The minimum Gasteiger partial charge on any atom is -0.378 e. The van der Waals surface area contributed by atoms with Crippen LogP contribution < -0.4 is 11.2 Å². The van der Waals surface area contributed by atoms with E-state index in [9.17, 15) is 9.59 Å². The molecule has 0 unspecified atom stereocenters. The fourth-order valence-electron chi connectivity index (χ4n) is 3.64. The molecule has 0 aromatic carbocycles. The number of morpholine rings is 1. The zero-order valence-electron chi connectivity index (χ0n) is 16.8. The highest BCUT2D eigenvalue weighted by atomic mass is 16.5. The first-order valence-electron chi connectivity index (χ1n) is 9.80. The van der Waals surface area contributed by atoms with Gasteiger partial charge in [-0.05, 0) is 13.3 Å². The standard InChI is InChI=1S/C18H25N7O4/c1-4-5-6-25-15-14(16(26)21-18(25)27)23(3)13(20-15)9-24-7-8-28-10-12(24)17-19-11(2)22-29-17/h12H,4-10H2,1-3H3,(H,21,26,27)/t12-/m1/s1. The first-order chi connectivity index (χ1) is 14.0. The second-order valence-electron chi connectivity index (χ2n) is 7.26. The number of fused-ring (bicyclic) bond motifs is 1. The molecule has 11 heteroatoms. The SMILES string of the molecule is CCCCn1c(=O)[nH]c(=O)c2c1nc(CN1CCOC[C@@H]1c1nc(C)no1)n2C. The summed E-state index contributed by atoms with van der Waals surface area (Å²) < 4.78 is 14.2. The molecule has 0 spiro atoms. The Hall–Kier alpha value is -2.79. The average molecular weight is 403 g/mol. The van der Waals surface area contributed by atoms with Gasteiger partial charge in [0.1, 0.15) is 11.9 Å². The maximum atomic E-state index is 12.4. The third kappa shape index (κ3) is 3.62. The van der Waals surface area contributed by atoms with Crippen molar-refractivity contribution in [1.29, 1.82) is 0 Å². The molecule has 1 aliphatic rings. The summed E-state index contributed by atoms with van der Waals surface area (Å²) >= 11 is 0. The van der Waals surface area contributed by atoms with Crippen molar-refractivity contribution in [2.24, 2.45) is 7.05 Å². The van der Waals surface area contributed by atoms with Crippen molar-refractivity contribution in [2.45, 2.75) is 45.8 Å². The smallest absolute Gasteiger partial charge is 0.330 e. The summed E-state index contributed by atoms with van der Waals surface area (Å²) in [6, 6.07) is -0.190. The lowest BCUT2D eigenvalue weighted by atomic mass is 10.2. The van der Waals surface area contributed by atoms with Crippen LogP contribution >= 0.6 is 0 Å². The molecular formula is C18H25N7O4. The lowest BCUT2D eigenvalue weighted by molar-refractivity contribution is -0.0254. The van der Waals surface area contributed by atoms with Crippen molar-refractivity contribution in [3.05, 3.63) is 38.4 Å². The predicted molar refractivity (Wildman–Crippen MR) is 104 cm³/mol. The first kappa shape index (κ1) is 19.5. The van der Waals surface area contributed by atoms with Crippen molar-refractivity contribution in [3.63, 3.8) is 0 Å². The molecule has 3 aromatic heterocycles. The van der Waals surface area contributed by atoms with Crippen molar-refractivity contribution in [3.8, 4) is 0 Å². The quantitative estimate of drug-likeness (QED) is 0.630. The molecule has 4 rings (SSSR count). The van der Waals surface area contributed by atoms with Crippen LogP contribution in [0.1, 0.15) is 43.3 Å². The Labute approximate surface area is 166 Å². The Morgan fingerprint density at radius 1 is 1.28 bits per heavy atom. The van der Waals surface area contributed by atoms with E-state index in [-0.39, 0.29) is 6.04 Å². The largest absolute Gasteiger partial charge is 0.378 e. The van der Waals surface area contributed by atoms with Gasteiger partial charge in [0.2, 0.25) is 5.89 Å². The summed E-state index contributed by atoms with van der Waals surface area (Å²) in [6.45, 7) is 6.48. The monoisotopic (exact) mass is 403 g/mol. The number of hydrogen-bond acceptors (Lipinski definition) is 8. The highest BCUT2D eigenvalue weighted by Crippen LogP contribution is 2.25. The van der Waals surface area contributed by atoms with Gasteiger partial charge >= 0.3 is 5.69 Å². The van der Waals surface area contributed by atoms with Gasteiger partial charge < -0.3 is 13.8 Å². The summed E-state index contributed by atoms with van der Waals surface area (Å²) in [5.74, 6) is 1.75. The van der Waals surface area contributed by atoms with Crippen molar-refractivity contribution in [2.75, 3.05) is 19.8 Å². The Morgan fingerprint density at radius 2 is 2.10 bits per heavy atom. The number of imidazole rings is 1. The molecule has 1 N–H and O–H groups in total. The summed E-state index contributed by atoms with van der Waals surface area (Å²) in [7, 11) is 1.79. The van der Waals surface area contributed by atoms with Gasteiger partial charge in [0, 0.05) is 20.1 Å². The molecule has 1 atom stereocenters. The van der Waals surface area contributed by atoms with Crippen LogP contribution in [0.15, 0.2) is 14.1 Å². The topological polar surface area (TPSA) is 124 Å². The number of nitrogens with zero attached hydrogens (tertiary/aromatic N) is 6. The lowest BCUT2D eigenvalue weighted by Crippen LogP contribution is -2.39. The van der Waals surface area contributed by atoms with Crippen LogP contribution in [0.5, 0.6) is 0 Å². The highest BCUT2D eigenvalue weighted by Gasteiger charge is 2.30. The Balaban J connectivity index is 1.72. The van der Waals surface area contributed by atoms with E-state index in [2.05, 4.69) is 31.9 Å². The number of rotatable bonds is 6. The van der Waals surface area contributed by atoms with E-state index >= 15 is 0 Å². The van der Waals surface area contributed by atoms with Gasteiger partial charge in [-0.2, -0.15) is 4.98 Å². The van der Waals surface area contributed by atoms with Crippen LogP contribution in [-0.4, -0.2) is 53.9 Å². The third-order valence-electron chi connectivity index (χ3n) is 5.25. The number of H-pyrrole nitrogens is 1. The second-order valence-corrected chi connectivity index (χ2v) is 7.26. The Bertz CT molecular complexity index is 1130. The van der Waals surface area contributed by atoms with Crippen LogP contribution in [0.3, 0.4) is 0 Å². The van der Waals surface area contributed by atoms with Gasteiger partial charge in [0.15, 0.2) is 17.0 Å².